The van der Waals surface area contributed by atoms with Crippen molar-refractivity contribution in [3.05, 3.63) is 23.5 Å². The molecule has 1 rings (SSSR count). The van der Waals surface area contributed by atoms with Crippen LogP contribution in [-0.2, 0) is 4.79 Å². The van der Waals surface area contributed by atoms with Gasteiger partial charge in [-0.05, 0) is 6.07 Å². The van der Waals surface area contributed by atoms with E-state index >= 15 is 0 Å². The molecule has 0 bridgehead atoms. The smallest absolute Gasteiger partial charge is 0.221 e. The summed E-state index contributed by atoms with van der Waals surface area (Å²) in [5.74, 6) is -0.873. The molecule has 1 aromatic carbocycles. The van der Waals surface area contributed by atoms with Crippen LogP contribution in [0, 0.1) is 5.82 Å². The van der Waals surface area contributed by atoms with E-state index in [4.69, 9.17) is 4.74 Å². The maximum atomic E-state index is 13.4. The molecule has 0 aromatic heterocycles. The van der Waals surface area contributed by atoms with Gasteiger partial charge >= 0.3 is 0 Å². The third kappa shape index (κ3) is 2.52. The lowest BCUT2D eigenvalue weighted by Crippen LogP contribution is -2.09. The van der Waals surface area contributed by atoms with Crippen LogP contribution in [0.1, 0.15) is 17.3 Å². The number of aldehydes is 1. The summed E-state index contributed by atoms with van der Waals surface area (Å²) in [7, 11) is 1.39. The molecule has 0 aliphatic heterocycles. The third-order valence-electron chi connectivity index (χ3n) is 1.75. The van der Waals surface area contributed by atoms with Crippen LogP contribution < -0.4 is 10.1 Å². The number of nitrogens with one attached hydrogen (secondary N) is 1. The molecule has 80 valence electrons. The second-order valence-corrected chi connectivity index (χ2v) is 2.88. The summed E-state index contributed by atoms with van der Waals surface area (Å²) < 4.78 is 18.3. The van der Waals surface area contributed by atoms with Gasteiger partial charge in [0, 0.05) is 13.0 Å². The van der Waals surface area contributed by atoms with Gasteiger partial charge < -0.3 is 10.1 Å². The van der Waals surface area contributed by atoms with Crippen LogP contribution in [0.15, 0.2) is 12.1 Å². The van der Waals surface area contributed by atoms with Crippen molar-refractivity contribution in [1.82, 2.24) is 0 Å². The summed E-state index contributed by atoms with van der Waals surface area (Å²) in [5.41, 5.74) is -0.220. The number of rotatable bonds is 3. The van der Waals surface area contributed by atoms with Gasteiger partial charge in [-0.3, -0.25) is 9.59 Å². The molecule has 15 heavy (non-hydrogen) atoms. The van der Waals surface area contributed by atoms with E-state index in [0.29, 0.717) is 12.0 Å². The number of anilines is 1. The van der Waals surface area contributed by atoms with Gasteiger partial charge in [-0.2, -0.15) is 0 Å². The Bertz CT molecular complexity index is 404. The lowest BCUT2D eigenvalue weighted by atomic mass is 10.2. The van der Waals surface area contributed by atoms with E-state index in [1.807, 2.05) is 0 Å². The molecule has 0 saturated carbocycles. The normalized spacial score (nSPS) is 9.53. The number of hydrogen-bond acceptors (Lipinski definition) is 3. The van der Waals surface area contributed by atoms with Crippen LogP contribution in [0.4, 0.5) is 10.1 Å². The fourth-order valence-electron chi connectivity index (χ4n) is 1.10. The summed E-state index contributed by atoms with van der Waals surface area (Å²) in [6.45, 7) is 1.25. The monoisotopic (exact) mass is 211 g/mol. The molecule has 0 unspecified atom stereocenters. The average Bonchev–Trinajstić information content (AvgIpc) is 2.20. The van der Waals surface area contributed by atoms with Gasteiger partial charge in [0.15, 0.2) is 12.1 Å². The highest BCUT2D eigenvalue weighted by molar-refractivity contribution is 5.90. The number of halogens is 1. The van der Waals surface area contributed by atoms with Crippen molar-refractivity contribution in [1.29, 1.82) is 0 Å². The maximum Gasteiger partial charge on any atom is 0.221 e. The summed E-state index contributed by atoms with van der Waals surface area (Å²) in [5, 5.41) is 2.27. The van der Waals surface area contributed by atoms with Crippen LogP contribution >= 0.6 is 0 Å². The molecule has 0 radical (unpaired) electrons. The van der Waals surface area contributed by atoms with Crippen LogP contribution in [-0.4, -0.2) is 19.3 Å². The number of hydrogen-bond donors (Lipinski definition) is 1. The summed E-state index contributed by atoms with van der Waals surface area (Å²) >= 11 is 0. The van der Waals surface area contributed by atoms with E-state index in [0.717, 1.165) is 0 Å². The fraction of sp³-hybridized carbons (Fsp3) is 0.200. The second-order valence-electron chi connectivity index (χ2n) is 2.88. The molecule has 0 atom stereocenters. The van der Waals surface area contributed by atoms with Crippen LogP contribution in [0.25, 0.3) is 0 Å². The molecule has 0 heterocycles. The van der Waals surface area contributed by atoms with Crippen LogP contribution in [0.5, 0.6) is 5.75 Å². The van der Waals surface area contributed by atoms with E-state index in [-0.39, 0.29) is 11.3 Å². The minimum absolute atomic E-state index is 0.0658. The highest BCUT2D eigenvalue weighted by Gasteiger charge is 2.11. The highest BCUT2D eigenvalue weighted by atomic mass is 19.1. The van der Waals surface area contributed by atoms with Crippen molar-refractivity contribution in [2.24, 2.45) is 0 Å². The van der Waals surface area contributed by atoms with E-state index in [1.54, 1.807) is 0 Å². The Labute approximate surface area is 86.0 Å². The fourth-order valence-corrected chi connectivity index (χ4v) is 1.10. The SMILES string of the molecule is COc1cc(C=O)c(F)c(NC(C)=O)c1. The molecular formula is C10H10FNO3. The number of benzene rings is 1. The first kappa shape index (κ1) is 11.2. The van der Waals surface area contributed by atoms with Crippen molar-refractivity contribution in [3.63, 3.8) is 0 Å². The molecule has 1 aromatic rings. The Kier molecular flexibility index (Phi) is 3.38. The first-order valence-electron chi connectivity index (χ1n) is 4.18. The van der Waals surface area contributed by atoms with Crippen molar-refractivity contribution in [2.75, 3.05) is 12.4 Å². The molecule has 0 spiro atoms. The predicted octanol–water partition coefficient (Wildman–Crippen LogP) is 1.61. The number of ether oxygens (including phenoxy) is 1. The first-order valence-corrected chi connectivity index (χ1v) is 4.18. The molecule has 1 amide bonds. The zero-order chi connectivity index (χ0) is 11.4. The molecule has 5 heteroatoms. The second kappa shape index (κ2) is 4.54. The van der Waals surface area contributed by atoms with Crippen molar-refractivity contribution in [2.45, 2.75) is 6.92 Å². The van der Waals surface area contributed by atoms with Gasteiger partial charge in [-0.25, -0.2) is 4.39 Å². The molecule has 0 aliphatic rings. The van der Waals surface area contributed by atoms with Crippen LogP contribution in [0.3, 0.4) is 0 Å². The van der Waals surface area contributed by atoms with Gasteiger partial charge in [0.25, 0.3) is 0 Å². The number of methoxy groups -OCH3 is 1. The van der Waals surface area contributed by atoms with Gasteiger partial charge in [-0.15, -0.1) is 0 Å². The minimum Gasteiger partial charge on any atom is -0.497 e. The standard InChI is InChI=1S/C10H10FNO3/c1-6(14)12-9-4-8(15-2)3-7(5-13)10(9)11/h3-5H,1-2H3,(H,12,14). The quantitative estimate of drug-likeness (QED) is 0.772. The van der Waals surface area contributed by atoms with Gasteiger partial charge in [0.1, 0.15) is 5.75 Å². The Balaban J connectivity index is 3.23. The van der Waals surface area contributed by atoms with Crippen molar-refractivity contribution < 1.29 is 18.7 Å². The van der Waals surface area contributed by atoms with Gasteiger partial charge in [0.2, 0.25) is 5.91 Å². The Morgan fingerprint density at radius 2 is 2.20 bits per heavy atom. The maximum absolute atomic E-state index is 13.4. The van der Waals surface area contributed by atoms with Gasteiger partial charge in [0.05, 0.1) is 18.4 Å². The van der Waals surface area contributed by atoms with Gasteiger partial charge in [-0.1, -0.05) is 0 Å². The highest BCUT2D eigenvalue weighted by Crippen LogP contribution is 2.24. The van der Waals surface area contributed by atoms with Crippen molar-refractivity contribution in [3.8, 4) is 5.75 Å². The summed E-state index contributed by atoms with van der Waals surface area (Å²) in [6.07, 6.45) is 0.364. The summed E-state index contributed by atoms with van der Waals surface area (Å²) in [4.78, 5) is 21.3. The van der Waals surface area contributed by atoms with E-state index in [1.165, 1.54) is 26.2 Å². The predicted molar refractivity (Wildman–Crippen MR) is 52.6 cm³/mol. The molecule has 0 aliphatic carbocycles. The largest absolute Gasteiger partial charge is 0.497 e. The lowest BCUT2D eigenvalue weighted by molar-refractivity contribution is -0.114. The average molecular weight is 211 g/mol. The Morgan fingerprint density at radius 3 is 2.67 bits per heavy atom. The zero-order valence-electron chi connectivity index (χ0n) is 8.33. The number of carbonyl (C=O) groups is 2. The Morgan fingerprint density at radius 1 is 1.53 bits per heavy atom. The van der Waals surface area contributed by atoms with E-state index < -0.39 is 11.7 Å². The third-order valence-corrected chi connectivity index (χ3v) is 1.75. The molecule has 0 saturated heterocycles. The number of amides is 1. The molecular weight excluding hydrogens is 201 g/mol. The Hall–Kier alpha value is -1.91. The first-order chi connectivity index (χ1) is 7.08. The van der Waals surface area contributed by atoms with Crippen molar-refractivity contribution >= 4 is 17.9 Å². The molecule has 1 N–H and O–H groups in total. The number of carbonyl (C=O) groups excluding carboxylic acids is 2. The zero-order valence-corrected chi connectivity index (χ0v) is 8.33. The molecule has 4 nitrogen and oxygen atoms in total. The summed E-state index contributed by atoms with van der Waals surface area (Å²) in [6, 6.07) is 2.57. The molecule has 0 fully saturated rings. The lowest BCUT2D eigenvalue weighted by Gasteiger charge is -2.08. The van der Waals surface area contributed by atoms with E-state index in [2.05, 4.69) is 5.32 Å². The minimum atomic E-state index is -0.763. The van der Waals surface area contributed by atoms with E-state index in [9.17, 15) is 14.0 Å². The topological polar surface area (TPSA) is 55.4 Å². The van der Waals surface area contributed by atoms with Crippen LogP contribution in [0.2, 0.25) is 0 Å².